The Balaban J connectivity index is 2.76. The highest BCUT2D eigenvalue weighted by molar-refractivity contribution is 7.88. The highest BCUT2D eigenvalue weighted by Crippen LogP contribution is 2.10. The van der Waals surface area contributed by atoms with Gasteiger partial charge in [0.25, 0.3) is 0 Å². The van der Waals surface area contributed by atoms with Crippen molar-refractivity contribution in [1.82, 2.24) is 15.4 Å². The van der Waals surface area contributed by atoms with Crippen LogP contribution in [0.2, 0.25) is 0 Å². The molecule has 1 aromatic carbocycles. The Labute approximate surface area is 146 Å². The summed E-state index contributed by atoms with van der Waals surface area (Å²) in [5.74, 6) is 0.673. The van der Waals surface area contributed by atoms with E-state index in [4.69, 9.17) is 0 Å². The van der Waals surface area contributed by atoms with Gasteiger partial charge in [-0.1, -0.05) is 31.2 Å². The topological polar surface area (TPSA) is 82.6 Å². The minimum absolute atomic E-state index is 0.432. The van der Waals surface area contributed by atoms with E-state index in [1.54, 1.807) is 0 Å². The molecule has 0 radical (unpaired) electrons. The number of guanidine groups is 1. The van der Waals surface area contributed by atoms with Crippen molar-refractivity contribution in [2.24, 2.45) is 4.99 Å². The number of hydrogen-bond acceptors (Lipinski definition) is 3. The molecule has 0 amide bonds. The van der Waals surface area contributed by atoms with Crippen LogP contribution in [0.1, 0.15) is 38.8 Å². The van der Waals surface area contributed by atoms with Crippen molar-refractivity contribution in [2.75, 3.05) is 19.3 Å². The first-order valence-corrected chi connectivity index (χ1v) is 10.1. The smallest absolute Gasteiger partial charge is 0.209 e. The fraction of sp³-hybridized carbons (Fsp3) is 0.588. The van der Waals surface area contributed by atoms with Crippen LogP contribution in [0.4, 0.5) is 0 Å². The van der Waals surface area contributed by atoms with Gasteiger partial charge in [0.05, 0.1) is 12.8 Å². The zero-order chi connectivity index (χ0) is 18.2. The van der Waals surface area contributed by atoms with E-state index in [9.17, 15) is 8.42 Å². The minimum Gasteiger partial charge on any atom is -0.357 e. The molecule has 6 nitrogen and oxygen atoms in total. The van der Waals surface area contributed by atoms with E-state index in [0.29, 0.717) is 19.0 Å². The standard InChI is InChI=1S/C17H30N4O2S/c1-6-14-10-8-9-11-15(14)12-19-16(18-7-2)20-13-17(3,4)21-24(5,22)23/h8-11,21H,6-7,12-13H2,1-5H3,(H2,18,19,20). The van der Waals surface area contributed by atoms with Crippen molar-refractivity contribution in [3.05, 3.63) is 35.4 Å². The second kappa shape index (κ2) is 9.03. The van der Waals surface area contributed by atoms with Gasteiger partial charge in [-0.05, 0) is 38.3 Å². The lowest BCUT2D eigenvalue weighted by atomic mass is 10.1. The van der Waals surface area contributed by atoms with E-state index in [0.717, 1.165) is 19.2 Å². The Morgan fingerprint density at radius 1 is 1.12 bits per heavy atom. The summed E-state index contributed by atoms with van der Waals surface area (Å²) in [6.07, 6.45) is 2.14. The largest absolute Gasteiger partial charge is 0.357 e. The van der Waals surface area contributed by atoms with Crippen molar-refractivity contribution < 1.29 is 8.42 Å². The lowest BCUT2D eigenvalue weighted by Crippen LogP contribution is -2.53. The number of rotatable bonds is 8. The van der Waals surface area contributed by atoms with E-state index >= 15 is 0 Å². The van der Waals surface area contributed by atoms with Crippen molar-refractivity contribution in [3.8, 4) is 0 Å². The first-order valence-electron chi connectivity index (χ1n) is 8.24. The summed E-state index contributed by atoms with van der Waals surface area (Å²) in [4.78, 5) is 4.61. The Morgan fingerprint density at radius 3 is 2.29 bits per heavy atom. The van der Waals surface area contributed by atoms with Crippen molar-refractivity contribution in [1.29, 1.82) is 0 Å². The predicted molar refractivity (Wildman–Crippen MR) is 101 cm³/mol. The first kappa shape index (κ1) is 20.4. The molecule has 0 saturated carbocycles. The molecular weight excluding hydrogens is 324 g/mol. The first-order chi connectivity index (χ1) is 11.2. The molecule has 0 atom stereocenters. The van der Waals surface area contributed by atoms with Gasteiger partial charge >= 0.3 is 0 Å². The summed E-state index contributed by atoms with van der Waals surface area (Å²) in [6.45, 7) is 9.54. The molecule has 7 heteroatoms. The zero-order valence-corrected chi connectivity index (χ0v) is 16.1. The van der Waals surface area contributed by atoms with Gasteiger partial charge in [-0.25, -0.2) is 18.1 Å². The summed E-state index contributed by atoms with van der Waals surface area (Å²) in [5.41, 5.74) is 1.88. The quantitative estimate of drug-likeness (QED) is 0.489. The average Bonchev–Trinajstić information content (AvgIpc) is 2.48. The summed E-state index contributed by atoms with van der Waals surface area (Å²) in [6, 6.07) is 8.25. The Kier molecular flexibility index (Phi) is 7.69. The predicted octanol–water partition coefficient (Wildman–Crippen LogP) is 1.63. The van der Waals surface area contributed by atoms with Gasteiger partial charge in [0, 0.05) is 18.6 Å². The minimum atomic E-state index is -3.26. The number of aryl methyl sites for hydroxylation is 1. The van der Waals surface area contributed by atoms with Crippen molar-refractivity contribution in [2.45, 2.75) is 46.2 Å². The van der Waals surface area contributed by atoms with Gasteiger partial charge < -0.3 is 10.6 Å². The van der Waals surface area contributed by atoms with Gasteiger partial charge in [0.2, 0.25) is 10.0 Å². The maximum atomic E-state index is 11.4. The lowest BCUT2D eigenvalue weighted by Gasteiger charge is -2.26. The van der Waals surface area contributed by atoms with Gasteiger partial charge in [-0.15, -0.1) is 0 Å². The van der Waals surface area contributed by atoms with Crippen LogP contribution in [0.3, 0.4) is 0 Å². The highest BCUT2D eigenvalue weighted by Gasteiger charge is 2.22. The third-order valence-electron chi connectivity index (χ3n) is 3.41. The molecule has 0 aliphatic carbocycles. The number of hydrogen-bond donors (Lipinski definition) is 3. The van der Waals surface area contributed by atoms with Gasteiger partial charge in [-0.3, -0.25) is 0 Å². The second-order valence-corrected chi connectivity index (χ2v) is 8.18. The molecule has 0 bridgehead atoms. The molecular formula is C17H30N4O2S. The Hall–Kier alpha value is -1.60. The SMILES string of the molecule is CCNC(=NCc1ccccc1CC)NCC(C)(C)NS(C)(=O)=O. The molecule has 3 N–H and O–H groups in total. The van der Waals surface area contributed by atoms with Crippen LogP contribution in [0.5, 0.6) is 0 Å². The van der Waals surface area contributed by atoms with Crippen molar-refractivity contribution >= 4 is 16.0 Å². The number of nitrogens with one attached hydrogen (secondary N) is 3. The number of aliphatic imine (C=N–C) groups is 1. The molecule has 0 unspecified atom stereocenters. The van der Waals surface area contributed by atoms with Gasteiger partial charge in [0.1, 0.15) is 0 Å². The summed E-state index contributed by atoms with van der Waals surface area (Å²) in [7, 11) is -3.26. The molecule has 0 saturated heterocycles. The third kappa shape index (κ3) is 7.79. The van der Waals surface area contributed by atoms with Gasteiger partial charge in [0.15, 0.2) is 5.96 Å². The van der Waals surface area contributed by atoms with Gasteiger partial charge in [-0.2, -0.15) is 0 Å². The van der Waals surface area contributed by atoms with E-state index < -0.39 is 15.6 Å². The lowest BCUT2D eigenvalue weighted by molar-refractivity contribution is 0.446. The molecule has 1 aromatic rings. The van der Waals surface area contributed by atoms with E-state index in [1.807, 2.05) is 32.9 Å². The van der Waals surface area contributed by atoms with E-state index in [2.05, 4.69) is 39.4 Å². The highest BCUT2D eigenvalue weighted by atomic mass is 32.2. The van der Waals surface area contributed by atoms with E-state index in [1.165, 1.54) is 11.1 Å². The summed E-state index contributed by atoms with van der Waals surface area (Å²) < 4.78 is 25.4. The molecule has 0 fully saturated rings. The monoisotopic (exact) mass is 354 g/mol. The average molecular weight is 355 g/mol. The molecule has 0 heterocycles. The molecule has 24 heavy (non-hydrogen) atoms. The van der Waals surface area contributed by atoms with Crippen LogP contribution in [0.25, 0.3) is 0 Å². The number of benzene rings is 1. The fourth-order valence-electron chi connectivity index (χ4n) is 2.41. The zero-order valence-electron chi connectivity index (χ0n) is 15.3. The Bertz CT molecular complexity index is 654. The maximum absolute atomic E-state index is 11.4. The Morgan fingerprint density at radius 2 is 1.75 bits per heavy atom. The molecule has 0 aliphatic heterocycles. The summed E-state index contributed by atoms with van der Waals surface area (Å²) >= 11 is 0. The van der Waals surface area contributed by atoms with Crippen LogP contribution in [-0.4, -0.2) is 39.3 Å². The fourth-order valence-corrected chi connectivity index (χ4v) is 3.48. The van der Waals surface area contributed by atoms with Crippen LogP contribution in [0.15, 0.2) is 29.3 Å². The van der Waals surface area contributed by atoms with E-state index in [-0.39, 0.29) is 0 Å². The molecule has 0 spiro atoms. The normalized spacial score (nSPS) is 13.0. The summed E-state index contributed by atoms with van der Waals surface area (Å²) in [5, 5.41) is 6.39. The number of sulfonamides is 1. The third-order valence-corrected chi connectivity index (χ3v) is 4.33. The molecule has 0 aromatic heterocycles. The van der Waals surface area contributed by atoms with Crippen LogP contribution < -0.4 is 15.4 Å². The molecule has 1 rings (SSSR count). The molecule has 0 aliphatic rings. The van der Waals surface area contributed by atoms with Crippen molar-refractivity contribution in [3.63, 3.8) is 0 Å². The van der Waals surface area contributed by atoms with Crippen LogP contribution >= 0.6 is 0 Å². The second-order valence-electron chi connectivity index (χ2n) is 6.43. The maximum Gasteiger partial charge on any atom is 0.209 e. The number of nitrogens with zero attached hydrogens (tertiary/aromatic N) is 1. The van der Waals surface area contributed by atoms with Crippen LogP contribution in [-0.2, 0) is 23.0 Å². The molecule has 136 valence electrons. The van der Waals surface area contributed by atoms with Crippen LogP contribution in [0, 0.1) is 0 Å².